The van der Waals surface area contributed by atoms with E-state index in [0.717, 1.165) is 28.0 Å². The quantitative estimate of drug-likeness (QED) is 0.450. The summed E-state index contributed by atoms with van der Waals surface area (Å²) in [7, 11) is 0. The van der Waals surface area contributed by atoms with E-state index < -0.39 is 12.1 Å². The minimum Gasteiger partial charge on any atom is -0.449 e. The molecule has 6 heteroatoms. The van der Waals surface area contributed by atoms with Crippen LogP contribution in [0, 0.1) is 13.8 Å². The highest BCUT2D eigenvalue weighted by Gasteiger charge is 2.20. The Morgan fingerprint density at radius 3 is 2.48 bits per heavy atom. The van der Waals surface area contributed by atoms with Gasteiger partial charge in [0, 0.05) is 11.3 Å². The van der Waals surface area contributed by atoms with Crippen molar-refractivity contribution in [3.63, 3.8) is 0 Å². The number of hydrogen-bond acceptors (Lipinski definition) is 4. The van der Waals surface area contributed by atoms with Crippen LogP contribution in [0.3, 0.4) is 0 Å². The van der Waals surface area contributed by atoms with Crippen molar-refractivity contribution in [2.45, 2.75) is 26.9 Å². The Bertz CT molecular complexity index is 1260. The summed E-state index contributed by atoms with van der Waals surface area (Å²) in [5, 5.41) is 2.76. The lowest BCUT2D eigenvalue weighted by molar-refractivity contribution is -0.123. The molecule has 0 aliphatic carbocycles. The molecule has 0 saturated carbocycles. The molecule has 0 aliphatic rings. The van der Waals surface area contributed by atoms with E-state index in [1.54, 1.807) is 31.2 Å². The molecule has 0 radical (unpaired) electrons. The number of aromatic nitrogens is 2. The predicted molar refractivity (Wildman–Crippen MR) is 121 cm³/mol. The second-order valence-corrected chi connectivity index (χ2v) is 7.59. The number of rotatable bonds is 5. The number of carbonyl (C=O) groups excluding carboxylic acids is 2. The SMILES string of the molecule is Cc1ccc(-c2nc3ccc(C(=O)OC(C)C(=O)Nc4cccc(C)c4)cc3[nH]2)cc1. The van der Waals surface area contributed by atoms with Crippen molar-refractivity contribution in [3.8, 4) is 11.4 Å². The van der Waals surface area contributed by atoms with Gasteiger partial charge in [0.05, 0.1) is 16.6 Å². The Morgan fingerprint density at radius 2 is 1.74 bits per heavy atom. The highest BCUT2D eigenvalue weighted by atomic mass is 16.5. The van der Waals surface area contributed by atoms with Crippen LogP contribution in [-0.2, 0) is 9.53 Å². The molecule has 156 valence electrons. The van der Waals surface area contributed by atoms with Crippen molar-refractivity contribution in [2.75, 3.05) is 5.32 Å². The summed E-state index contributed by atoms with van der Waals surface area (Å²) in [6.45, 7) is 5.52. The van der Waals surface area contributed by atoms with Gasteiger partial charge in [-0.05, 0) is 56.7 Å². The van der Waals surface area contributed by atoms with Gasteiger partial charge in [-0.25, -0.2) is 9.78 Å². The highest BCUT2D eigenvalue weighted by Crippen LogP contribution is 2.22. The number of esters is 1. The van der Waals surface area contributed by atoms with Crippen LogP contribution in [0.25, 0.3) is 22.4 Å². The Labute approximate surface area is 180 Å². The van der Waals surface area contributed by atoms with Gasteiger partial charge in [-0.2, -0.15) is 0 Å². The number of hydrogen-bond donors (Lipinski definition) is 2. The molecule has 1 unspecified atom stereocenters. The van der Waals surface area contributed by atoms with Crippen LogP contribution in [0.4, 0.5) is 5.69 Å². The summed E-state index contributed by atoms with van der Waals surface area (Å²) < 4.78 is 5.37. The maximum absolute atomic E-state index is 12.6. The van der Waals surface area contributed by atoms with Crippen LogP contribution in [0.1, 0.15) is 28.4 Å². The Kier molecular flexibility index (Phi) is 5.54. The number of amides is 1. The van der Waals surface area contributed by atoms with E-state index in [0.29, 0.717) is 11.3 Å². The lowest BCUT2D eigenvalue weighted by atomic mass is 10.1. The van der Waals surface area contributed by atoms with E-state index in [2.05, 4.69) is 15.3 Å². The van der Waals surface area contributed by atoms with Crippen LogP contribution in [-0.4, -0.2) is 27.9 Å². The van der Waals surface area contributed by atoms with Gasteiger partial charge in [-0.1, -0.05) is 42.0 Å². The number of fused-ring (bicyclic) bond motifs is 1. The fourth-order valence-corrected chi connectivity index (χ4v) is 3.23. The Hall–Kier alpha value is -3.93. The first-order valence-corrected chi connectivity index (χ1v) is 10.0. The zero-order valence-corrected chi connectivity index (χ0v) is 17.6. The van der Waals surface area contributed by atoms with Gasteiger partial charge < -0.3 is 15.0 Å². The molecule has 4 aromatic rings. The number of carbonyl (C=O) groups is 2. The summed E-state index contributed by atoms with van der Waals surface area (Å²) in [6, 6.07) is 20.6. The van der Waals surface area contributed by atoms with Crippen LogP contribution in [0.5, 0.6) is 0 Å². The van der Waals surface area contributed by atoms with E-state index in [-0.39, 0.29) is 5.91 Å². The molecule has 3 aromatic carbocycles. The van der Waals surface area contributed by atoms with Gasteiger partial charge in [0.2, 0.25) is 0 Å². The third kappa shape index (κ3) is 4.64. The average molecular weight is 413 g/mol. The summed E-state index contributed by atoms with van der Waals surface area (Å²) in [5.74, 6) is -0.227. The molecular formula is C25H23N3O3. The van der Waals surface area contributed by atoms with Crippen molar-refractivity contribution in [1.82, 2.24) is 9.97 Å². The van der Waals surface area contributed by atoms with E-state index in [1.807, 2.05) is 56.3 Å². The number of benzene rings is 3. The van der Waals surface area contributed by atoms with E-state index in [4.69, 9.17) is 4.74 Å². The van der Waals surface area contributed by atoms with Crippen molar-refractivity contribution >= 4 is 28.6 Å². The van der Waals surface area contributed by atoms with Gasteiger partial charge in [0.15, 0.2) is 6.10 Å². The molecular weight excluding hydrogens is 390 g/mol. The largest absolute Gasteiger partial charge is 0.449 e. The second-order valence-electron chi connectivity index (χ2n) is 7.59. The number of aryl methyl sites for hydroxylation is 2. The molecule has 1 atom stereocenters. The maximum Gasteiger partial charge on any atom is 0.338 e. The predicted octanol–water partition coefficient (Wildman–Crippen LogP) is 5.03. The van der Waals surface area contributed by atoms with Crippen LogP contribution < -0.4 is 5.32 Å². The second kappa shape index (κ2) is 8.44. The Balaban J connectivity index is 1.47. The van der Waals surface area contributed by atoms with Crippen molar-refractivity contribution in [3.05, 3.63) is 83.4 Å². The minimum atomic E-state index is -0.936. The zero-order valence-electron chi connectivity index (χ0n) is 17.6. The third-order valence-corrected chi connectivity index (χ3v) is 4.98. The van der Waals surface area contributed by atoms with Gasteiger partial charge in [-0.15, -0.1) is 0 Å². The van der Waals surface area contributed by atoms with Crippen LogP contribution in [0.2, 0.25) is 0 Å². The molecule has 1 amide bonds. The molecule has 0 spiro atoms. The zero-order chi connectivity index (χ0) is 22.0. The van der Waals surface area contributed by atoms with E-state index in [9.17, 15) is 9.59 Å². The number of nitrogens with zero attached hydrogens (tertiary/aromatic N) is 1. The molecule has 1 heterocycles. The highest BCUT2D eigenvalue weighted by molar-refractivity contribution is 5.98. The number of imidazole rings is 1. The van der Waals surface area contributed by atoms with Crippen LogP contribution >= 0.6 is 0 Å². The molecule has 0 aliphatic heterocycles. The molecule has 2 N–H and O–H groups in total. The molecule has 0 saturated heterocycles. The van der Waals surface area contributed by atoms with Gasteiger partial charge in [0.25, 0.3) is 5.91 Å². The lowest BCUT2D eigenvalue weighted by Crippen LogP contribution is -2.30. The van der Waals surface area contributed by atoms with Gasteiger partial charge in [-0.3, -0.25) is 4.79 Å². The summed E-state index contributed by atoms with van der Waals surface area (Å²) >= 11 is 0. The topological polar surface area (TPSA) is 84.1 Å². The number of aromatic amines is 1. The normalized spacial score (nSPS) is 11.8. The monoisotopic (exact) mass is 413 g/mol. The van der Waals surface area contributed by atoms with Gasteiger partial charge >= 0.3 is 5.97 Å². The standard InChI is InChI=1S/C25H23N3O3/c1-15-7-9-18(10-8-15)23-27-21-12-11-19(14-22(21)28-23)25(30)31-17(3)24(29)26-20-6-4-5-16(2)13-20/h4-14,17H,1-3H3,(H,26,29)(H,27,28). The number of anilines is 1. The first-order valence-electron chi connectivity index (χ1n) is 10.0. The average Bonchev–Trinajstić information content (AvgIpc) is 3.17. The van der Waals surface area contributed by atoms with Crippen molar-refractivity contribution < 1.29 is 14.3 Å². The molecule has 1 aromatic heterocycles. The number of nitrogens with one attached hydrogen (secondary N) is 2. The van der Waals surface area contributed by atoms with Crippen molar-refractivity contribution in [1.29, 1.82) is 0 Å². The summed E-state index contributed by atoms with van der Waals surface area (Å²) in [6.07, 6.45) is -0.936. The fraction of sp³-hybridized carbons (Fsp3) is 0.160. The smallest absolute Gasteiger partial charge is 0.338 e. The van der Waals surface area contributed by atoms with Gasteiger partial charge in [0.1, 0.15) is 5.82 Å². The fourth-order valence-electron chi connectivity index (χ4n) is 3.23. The molecule has 6 nitrogen and oxygen atoms in total. The molecule has 0 fully saturated rings. The van der Waals surface area contributed by atoms with Crippen molar-refractivity contribution in [2.24, 2.45) is 0 Å². The Morgan fingerprint density at radius 1 is 0.968 bits per heavy atom. The lowest BCUT2D eigenvalue weighted by Gasteiger charge is -2.14. The minimum absolute atomic E-state index is 0.349. The number of ether oxygens (including phenoxy) is 1. The first kappa shape index (κ1) is 20.3. The van der Waals surface area contributed by atoms with E-state index in [1.165, 1.54) is 5.56 Å². The first-order chi connectivity index (χ1) is 14.9. The summed E-state index contributed by atoms with van der Waals surface area (Å²) in [5.41, 5.74) is 5.65. The maximum atomic E-state index is 12.6. The summed E-state index contributed by atoms with van der Waals surface area (Å²) in [4.78, 5) is 32.8. The molecule has 31 heavy (non-hydrogen) atoms. The molecule has 4 rings (SSSR count). The number of H-pyrrole nitrogens is 1. The van der Waals surface area contributed by atoms with E-state index >= 15 is 0 Å². The van der Waals surface area contributed by atoms with Crippen LogP contribution in [0.15, 0.2) is 66.7 Å². The third-order valence-electron chi connectivity index (χ3n) is 4.98. The molecule has 0 bridgehead atoms.